The van der Waals surface area contributed by atoms with Crippen LogP contribution in [0.4, 0.5) is 5.69 Å². The molecule has 6 heteroatoms. The Labute approximate surface area is 131 Å². The van der Waals surface area contributed by atoms with Crippen molar-refractivity contribution in [3.05, 3.63) is 57.5 Å². The van der Waals surface area contributed by atoms with Crippen molar-refractivity contribution in [2.75, 3.05) is 11.9 Å². The van der Waals surface area contributed by atoms with Crippen molar-refractivity contribution >= 4 is 46.4 Å². The van der Waals surface area contributed by atoms with E-state index in [9.17, 15) is 4.79 Å². The van der Waals surface area contributed by atoms with E-state index in [1.807, 2.05) is 18.2 Å². The van der Waals surface area contributed by atoms with Crippen LogP contribution in [0.15, 0.2) is 42.5 Å². The maximum absolute atomic E-state index is 11.7. The van der Waals surface area contributed by atoms with Gasteiger partial charge in [0, 0.05) is 11.8 Å². The highest BCUT2D eigenvalue weighted by molar-refractivity contribution is 6.43. The van der Waals surface area contributed by atoms with Gasteiger partial charge >= 0.3 is 0 Å². The van der Waals surface area contributed by atoms with Gasteiger partial charge in [-0.25, -0.2) is 0 Å². The van der Waals surface area contributed by atoms with Gasteiger partial charge in [0.2, 0.25) is 0 Å². The molecule has 1 N–H and O–H groups in total. The van der Waals surface area contributed by atoms with Gasteiger partial charge in [-0.2, -0.15) is 0 Å². The van der Waals surface area contributed by atoms with Gasteiger partial charge in [-0.3, -0.25) is 4.79 Å². The normalized spacial score (nSPS) is 10.2. The lowest BCUT2D eigenvalue weighted by molar-refractivity contribution is -0.118. The van der Waals surface area contributed by atoms with Crippen molar-refractivity contribution in [1.29, 1.82) is 0 Å². The highest BCUT2D eigenvalue weighted by atomic mass is 35.5. The molecule has 0 saturated carbocycles. The number of nitrogens with one attached hydrogen (secondary N) is 1. The maximum Gasteiger partial charge on any atom is 0.262 e. The molecule has 0 heterocycles. The number of ether oxygens (including phenoxy) is 1. The number of halogens is 3. The largest absolute Gasteiger partial charge is 0.482 e. The van der Waals surface area contributed by atoms with Gasteiger partial charge in [0.05, 0.1) is 15.1 Å². The van der Waals surface area contributed by atoms with Gasteiger partial charge in [-0.15, -0.1) is 0 Å². The molecule has 0 aliphatic rings. The highest BCUT2D eigenvalue weighted by Crippen LogP contribution is 2.33. The molecule has 0 saturated heterocycles. The second-order valence-electron chi connectivity index (χ2n) is 3.90. The molecule has 0 spiro atoms. The van der Waals surface area contributed by atoms with Crippen molar-refractivity contribution in [3.63, 3.8) is 0 Å². The topological polar surface area (TPSA) is 38.3 Å². The Morgan fingerprint density at radius 1 is 1.00 bits per heavy atom. The smallest absolute Gasteiger partial charge is 0.262 e. The molecule has 2 aromatic carbocycles. The first-order valence-corrected chi connectivity index (χ1v) is 6.82. The minimum atomic E-state index is -0.293. The van der Waals surface area contributed by atoms with E-state index in [0.717, 1.165) is 0 Å². The van der Waals surface area contributed by atoms with Crippen molar-refractivity contribution in [3.8, 4) is 5.75 Å². The summed E-state index contributed by atoms with van der Waals surface area (Å²) in [4.78, 5) is 11.7. The summed E-state index contributed by atoms with van der Waals surface area (Å²) in [5, 5.41) is 3.64. The third-order valence-electron chi connectivity index (χ3n) is 2.39. The van der Waals surface area contributed by atoms with E-state index >= 15 is 0 Å². The van der Waals surface area contributed by atoms with E-state index in [4.69, 9.17) is 39.5 Å². The zero-order valence-electron chi connectivity index (χ0n) is 10.2. The summed E-state index contributed by atoms with van der Waals surface area (Å²) in [5.41, 5.74) is 0.696. The van der Waals surface area contributed by atoms with Gasteiger partial charge in [-0.1, -0.05) is 53.0 Å². The number of carbonyl (C=O) groups excluding carboxylic acids is 1. The zero-order valence-corrected chi connectivity index (χ0v) is 12.5. The van der Waals surface area contributed by atoms with Gasteiger partial charge in [0.25, 0.3) is 5.91 Å². The van der Waals surface area contributed by atoms with Crippen LogP contribution in [0.25, 0.3) is 0 Å². The first-order chi connectivity index (χ1) is 9.56. The molecule has 3 nitrogen and oxygen atoms in total. The van der Waals surface area contributed by atoms with Gasteiger partial charge < -0.3 is 10.1 Å². The number of anilines is 1. The zero-order chi connectivity index (χ0) is 14.5. The number of hydrogen-bond donors (Lipinski definition) is 1. The van der Waals surface area contributed by atoms with Crippen LogP contribution >= 0.6 is 34.8 Å². The number of rotatable bonds is 4. The molecule has 20 heavy (non-hydrogen) atoms. The highest BCUT2D eigenvalue weighted by Gasteiger charge is 2.09. The Hall–Kier alpha value is -1.42. The van der Waals surface area contributed by atoms with Crippen LogP contribution in [0.3, 0.4) is 0 Å². The minimum absolute atomic E-state index is 0.174. The van der Waals surface area contributed by atoms with Gasteiger partial charge in [0.1, 0.15) is 5.75 Å². The van der Waals surface area contributed by atoms with E-state index in [0.29, 0.717) is 26.5 Å². The summed E-state index contributed by atoms with van der Waals surface area (Å²) in [5.74, 6) is 0.0163. The fourth-order valence-electron chi connectivity index (χ4n) is 1.48. The van der Waals surface area contributed by atoms with Crippen LogP contribution in [0.5, 0.6) is 5.75 Å². The third kappa shape index (κ3) is 4.04. The van der Waals surface area contributed by atoms with Crippen LogP contribution < -0.4 is 10.1 Å². The molecule has 0 fully saturated rings. The number of hydrogen-bond acceptors (Lipinski definition) is 2. The van der Waals surface area contributed by atoms with E-state index in [2.05, 4.69) is 5.32 Å². The fraction of sp³-hybridized carbons (Fsp3) is 0.0714. The maximum atomic E-state index is 11.7. The second-order valence-corrected chi connectivity index (χ2v) is 5.12. The number of para-hydroxylation sites is 1. The van der Waals surface area contributed by atoms with Crippen LogP contribution in [0.1, 0.15) is 0 Å². The van der Waals surface area contributed by atoms with Crippen molar-refractivity contribution < 1.29 is 9.53 Å². The summed E-state index contributed by atoms with van der Waals surface area (Å²) in [6.45, 7) is -0.174. The standard InChI is InChI=1S/C14H10Cl3NO2/c15-10-6-12(17)13(7-11(10)16)20-8-14(19)18-9-4-2-1-3-5-9/h1-7H,8H2,(H,18,19). The molecule has 2 aromatic rings. The predicted molar refractivity (Wildman–Crippen MR) is 82.0 cm³/mol. The molecule has 0 radical (unpaired) electrons. The van der Waals surface area contributed by atoms with E-state index in [1.165, 1.54) is 12.1 Å². The van der Waals surface area contributed by atoms with Crippen LogP contribution in [-0.4, -0.2) is 12.5 Å². The molecule has 0 aromatic heterocycles. The molecular weight excluding hydrogens is 321 g/mol. The Balaban J connectivity index is 1.95. The van der Waals surface area contributed by atoms with Crippen LogP contribution in [0, 0.1) is 0 Å². The van der Waals surface area contributed by atoms with Crippen LogP contribution in [-0.2, 0) is 4.79 Å². The Bertz CT molecular complexity index is 617. The number of amides is 1. The summed E-state index contributed by atoms with van der Waals surface area (Å²) < 4.78 is 5.32. The van der Waals surface area contributed by atoms with E-state index in [1.54, 1.807) is 12.1 Å². The number of benzene rings is 2. The molecule has 0 bridgehead atoms. The van der Waals surface area contributed by atoms with Gasteiger partial charge in [0.15, 0.2) is 6.61 Å². The molecule has 0 atom stereocenters. The molecule has 0 aliphatic heterocycles. The molecule has 0 unspecified atom stereocenters. The second kappa shape index (κ2) is 6.84. The lowest BCUT2D eigenvalue weighted by Crippen LogP contribution is -2.20. The third-order valence-corrected chi connectivity index (χ3v) is 3.41. The van der Waals surface area contributed by atoms with Gasteiger partial charge in [-0.05, 0) is 18.2 Å². The minimum Gasteiger partial charge on any atom is -0.482 e. The van der Waals surface area contributed by atoms with Crippen molar-refractivity contribution in [2.45, 2.75) is 0 Å². The average Bonchev–Trinajstić information content (AvgIpc) is 2.42. The van der Waals surface area contributed by atoms with E-state index in [-0.39, 0.29) is 12.5 Å². The average molecular weight is 331 g/mol. The molecule has 104 valence electrons. The van der Waals surface area contributed by atoms with Crippen molar-refractivity contribution in [2.24, 2.45) is 0 Å². The quantitative estimate of drug-likeness (QED) is 0.828. The molecule has 0 aliphatic carbocycles. The Kier molecular flexibility index (Phi) is 5.12. The Morgan fingerprint density at radius 3 is 2.35 bits per heavy atom. The SMILES string of the molecule is O=C(COc1cc(Cl)c(Cl)cc1Cl)Nc1ccccc1. The first-order valence-electron chi connectivity index (χ1n) is 5.68. The lowest BCUT2D eigenvalue weighted by Gasteiger charge is -2.09. The monoisotopic (exact) mass is 329 g/mol. The number of carbonyl (C=O) groups is 1. The van der Waals surface area contributed by atoms with Crippen LogP contribution in [0.2, 0.25) is 15.1 Å². The summed E-state index contributed by atoms with van der Waals surface area (Å²) in [6, 6.07) is 12.0. The van der Waals surface area contributed by atoms with Crippen molar-refractivity contribution in [1.82, 2.24) is 0 Å². The molecular formula is C14H10Cl3NO2. The fourth-order valence-corrected chi connectivity index (χ4v) is 2.07. The summed E-state index contributed by atoms with van der Waals surface area (Å²) in [7, 11) is 0. The first kappa shape index (κ1) is 15.0. The summed E-state index contributed by atoms with van der Waals surface area (Å²) in [6.07, 6.45) is 0. The van der Waals surface area contributed by atoms with E-state index < -0.39 is 0 Å². The molecule has 1 amide bonds. The Morgan fingerprint density at radius 2 is 1.65 bits per heavy atom. The molecule has 2 rings (SSSR count). The lowest BCUT2D eigenvalue weighted by atomic mass is 10.3. The summed E-state index contributed by atoms with van der Waals surface area (Å²) >= 11 is 17.6. The predicted octanol–water partition coefficient (Wildman–Crippen LogP) is 4.66.